The molecule has 0 fully saturated rings. The predicted molar refractivity (Wildman–Crippen MR) is 74.4 cm³/mol. The number of hydrogen-bond donors (Lipinski definition) is 1. The molecule has 0 amide bonds. The van der Waals surface area contributed by atoms with E-state index >= 15 is 0 Å². The Morgan fingerprint density at radius 2 is 1.61 bits per heavy atom. The van der Waals surface area contributed by atoms with Gasteiger partial charge in [-0.1, -0.05) is 18.2 Å². The van der Waals surface area contributed by atoms with Crippen LogP contribution in [0.1, 0.15) is 29.7 Å². The number of aryl methyl sites for hydroxylation is 2. The number of benzene rings is 2. The molecule has 0 saturated heterocycles. The molecule has 0 aliphatic carbocycles. The highest BCUT2D eigenvalue weighted by Gasteiger charge is 2.05. The highest BCUT2D eigenvalue weighted by molar-refractivity contribution is 5.49. The Morgan fingerprint density at radius 1 is 0.944 bits per heavy atom. The molecule has 94 valence electrons. The molecule has 0 aliphatic heterocycles. The van der Waals surface area contributed by atoms with Crippen molar-refractivity contribution in [3.63, 3.8) is 0 Å². The van der Waals surface area contributed by atoms with Crippen LogP contribution in [0.15, 0.2) is 42.5 Å². The summed E-state index contributed by atoms with van der Waals surface area (Å²) in [6.07, 6.45) is 0. The zero-order valence-corrected chi connectivity index (χ0v) is 11.0. The zero-order chi connectivity index (χ0) is 13.1. The molecule has 1 atom stereocenters. The van der Waals surface area contributed by atoms with Gasteiger partial charge >= 0.3 is 0 Å². The van der Waals surface area contributed by atoms with Gasteiger partial charge in [-0.25, -0.2) is 4.39 Å². The normalized spacial score (nSPS) is 12.2. The van der Waals surface area contributed by atoms with Crippen molar-refractivity contribution in [2.45, 2.75) is 26.8 Å². The third kappa shape index (κ3) is 2.89. The molecule has 0 spiro atoms. The smallest absolute Gasteiger partial charge is 0.123 e. The zero-order valence-electron chi connectivity index (χ0n) is 11.0. The molecule has 0 aromatic heterocycles. The minimum atomic E-state index is -0.197. The molecule has 2 heteroatoms. The first-order valence-corrected chi connectivity index (χ1v) is 6.15. The number of anilines is 1. The number of nitrogens with one attached hydrogen (secondary N) is 1. The third-order valence-corrected chi connectivity index (χ3v) is 3.26. The van der Waals surface area contributed by atoms with Gasteiger partial charge in [-0.15, -0.1) is 0 Å². The van der Waals surface area contributed by atoms with Gasteiger partial charge in [0.15, 0.2) is 0 Å². The van der Waals surface area contributed by atoms with Crippen molar-refractivity contribution in [1.29, 1.82) is 0 Å². The SMILES string of the molecule is Cc1ccc(NC(C)c2ccc(F)cc2)cc1C. The van der Waals surface area contributed by atoms with E-state index in [1.807, 2.05) is 12.1 Å². The van der Waals surface area contributed by atoms with E-state index in [4.69, 9.17) is 0 Å². The largest absolute Gasteiger partial charge is 0.379 e. The second-order valence-corrected chi connectivity index (χ2v) is 4.72. The van der Waals surface area contributed by atoms with Crippen molar-refractivity contribution in [2.24, 2.45) is 0 Å². The number of hydrogen-bond acceptors (Lipinski definition) is 1. The van der Waals surface area contributed by atoms with E-state index in [1.165, 1.54) is 23.3 Å². The molecule has 2 rings (SSSR count). The Labute approximate surface area is 108 Å². The van der Waals surface area contributed by atoms with Gasteiger partial charge in [0, 0.05) is 11.7 Å². The highest BCUT2D eigenvalue weighted by atomic mass is 19.1. The first-order chi connectivity index (χ1) is 8.56. The van der Waals surface area contributed by atoms with Crippen LogP contribution >= 0.6 is 0 Å². The summed E-state index contributed by atoms with van der Waals surface area (Å²) in [7, 11) is 0. The van der Waals surface area contributed by atoms with Crippen molar-refractivity contribution < 1.29 is 4.39 Å². The van der Waals surface area contributed by atoms with Crippen molar-refractivity contribution in [2.75, 3.05) is 5.32 Å². The summed E-state index contributed by atoms with van der Waals surface area (Å²) in [6, 6.07) is 13.1. The van der Waals surface area contributed by atoms with Gasteiger partial charge in [0.05, 0.1) is 0 Å². The first-order valence-electron chi connectivity index (χ1n) is 6.15. The van der Waals surface area contributed by atoms with E-state index in [0.29, 0.717) is 0 Å². The fourth-order valence-corrected chi connectivity index (χ4v) is 1.92. The first kappa shape index (κ1) is 12.6. The summed E-state index contributed by atoms with van der Waals surface area (Å²) < 4.78 is 12.9. The summed E-state index contributed by atoms with van der Waals surface area (Å²) in [4.78, 5) is 0. The fraction of sp³-hybridized carbons (Fsp3) is 0.250. The molecule has 0 radical (unpaired) electrons. The fourth-order valence-electron chi connectivity index (χ4n) is 1.92. The van der Waals surface area contributed by atoms with Gasteiger partial charge in [0.1, 0.15) is 5.82 Å². The number of rotatable bonds is 3. The Bertz CT molecular complexity index is 531. The van der Waals surface area contributed by atoms with Crippen LogP contribution < -0.4 is 5.32 Å². The summed E-state index contributed by atoms with van der Waals surface area (Å²) in [5.74, 6) is -0.197. The van der Waals surface area contributed by atoms with E-state index in [9.17, 15) is 4.39 Å². The van der Waals surface area contributed by atoms with Gasteiger partial charge in [0.2, 0.25) is 0 Å². The maximum Gasteiger partial charge on any atom is 0.123 e. The molecule has 18 heavy (non-hydrogen) atoms. The lowest BCUT2D eigenvalue weighted by Crippen LogP contribution is -2.06. The molecule has 0 heterocycles. The molecule has 1 N–H and O–H groups in total. The molecule has 0 saturated carbocycles. The molecule has 1 unspecified atom stereocenters. The maximum absolute atomic E-state index is 12.9. The quantitative estimate of drug-likeness (QED) is 0.829. The Morgan fingerprint density at radius 3 is 2.22 bits per heavy atom. The lowest BCUT2D eigenvalue weighted by Gasteiger charge is -2.16. The number of halogens is 1. The molecule has 0 aliphatic rings. The Kier molecular flexibility index (Phi) is 3.66. The summed E-state index contributed by atoms with van der Waals surface area (Å²) >= 11 is 0. The van der Waals surface area contributed by atoms with E-state index in [-0.39, 0.29) is 11.9 Å². The molecular weight excluding hydrogens is 225 g/mol. The molecule has 2 aromatic carbocycles. The van der Waals surface area contributed by atoms with Crippen molar-refractivity contribution in [3.05, 3.63) is 65.0 Å². The van der Waals surface area contributed by atoms with Gasteiger partial charge in [-0.2, -0.15) is 0 Å². The van der Waals surface area contributed by atoms with E-state index in [0.717, 1.165) is 11.3 Å². The van der Waals surface area contributed by atoms with Gasteiger partial charge < -0.3 is 5.32 Å². The minimum Gasteiger partial charge on any atom is -0.379 e. The van der Waals surface area contributed by atoms with E-state index in [1.54, 1.807) is 0 Å². The van der Waals surface area contributed by atoms with Crippen LogP contribution in [0.4, 0.5) is 10.1 Å². The van der Waals surface area contributed by atoms with Gasteiger partial charge in [0.25, 0.3) is 0 Å². The van der Waals surface area contributed by atoms with E-state index < -0.39 is 0 Å². The summed E-state index contributed by atoms with van der Waals surface area (Å²) in [6.45, 7) is 6.27. The van der Waals surface area contributed by atoms with Crippen LogP contribution in [0.5, 0.6) is 0 Å². The predicted octanol–water partition coefficient (Wildman–Crippen LogP) is 4.62. The summed E-state index contributed by atoms with van der Waals surface area (Å²) in [5, 5.41) is 3.42. The topological polar surface area (TPSA) is 12.0 Å². The maximum atomic E-state index is 12.9. The average molecular weight is 243 g/mol. The summed E-state index contributed by atoms with van der Waals surface area (Å²) in [5.41, 5.74) is 4.73. The Hall–Kier alpha value is -1.83. The average Bonchev–Trinajstić information content (AvgIpc) is 2.34. The molecule has 0 bridgehead atoms. The van der Waals surface area contributed by atoms with Crippen LogP contribution in [0.25, 0.3) is 0 Å². The van der Waals surface area contributed by atoms with Crippen LogP contribution in [-0.4, -0.2) is 0 Å². The molecular formula is C16H18FN. The van der Waals surface area contributed by atoms with Crippen molar-refractivity contribution in [1.82, 2.24) is 0 Å². The lowest BCUT2D eigenvalue weighted by molar-refractivity contribution is 0.626. The monoisotopic (exact) mass is 243 g/mol. The Balaban J connectivity index is 2.13. The van der Waals surface area contributed by atoms with Gasteiger partial charge in [-0.05, 0) is 61.7 Å². The lowest BCUT2D eigenvalue weighted by atomic mass is 10.1. The minimum absolute atomic E-state index is 0.160. The standard InChI is InChI=1S/C16H18FN/c1-11-4-9-16(10-12(11)2)18-13(3)14-5-7-15(17)8-6-14/h4-10,13,18H,1-3H3. The van der Waals surface area contributed by atoms with Crippen LogP contribution in [0.2, 0.25) is 0 Å². The molecule has 2 aromatic rings. The highest BCUT2D eigenvalue weighted by Crippen LogP contribution is 2.21. The van der Waals surface area contributed by atoms with Crippen molar-refractivity contribution in [3.8, 4) is 0 Å². The van der Waals surface area contributed by atoms with Crippen LogP contribution in [-0.2, 0) is 0 Å². The second kappa shape index (κ2) is 5.21. The van der Waals surface area contributed by atoms with Crippen LogP contribution in [0, 0.1) is 19.7 Å². The van der Waals surface area contributed by atoms with Crippen LogP contribution in [0.3, 0.4) is 0 Å². The van der Waals surface area contributed by atoms with Crippen molar-refractivity contribution >= 4 is 5.69 Å². The van der Waals surface area contributed by atoms with E-state index in [2.05, 4.69) is 44.3 Å². The second-order valence-electron chi connectivity index (χ2n) is 4.72. The molecule has 1 nitrogen and oxygen atoms in total. The van der Waals surface area contributed by atoms with Gasteiger partial charge in [-0.3, -0.25) is 0 Å². The third-order valence-electron chi connectivity index (χ3n) is 3.26.